The van der Waals surface area contributed by atoms with E-state index in [2.05, 4.69) is 27.6 Å². The lowest BCUT2D eigenvalue weighted by Gasteiger charge is -2.47. The molecule has 0 amide bonds. The van der Waals surface area contributed by atoms with E-state index in [0.717, 1.165) is 31.4 Å². The summed E-state index contributed by atoms with van der Waals surface area (Å²) in [4.78, 5) is 7.23. The van der Waals surface area contributed by atoms with Crippen LogP contribution in [0, 0.1) is 11.6 Å². The number of aliphatic imine (C=N–C) groups is 1. The summed E-state index contributed by atoms with van der Waals surface area (Å²) in [7, 11) is 2.25. The SMILES string of the molecule is CCNC(=NCC(C)c1ccc(F)cc1F)NC1CC2CCCC(C1)N2C.I. The number of halogens is 3. The molecule has 2 N–H and O–H groups in total. The molecule has 2 bridgehead atoms. The van der Waals surface area contributed by atoms with E-state index in [9.17, 15) is 8.78 Å². The van der Waals surface area contributed by atoms with E-state index >= 15 is 0 Å². The van der Waals surface area contributed by atoms with Crippen LogP contribution < -0.4 is 10.6 Å². The number of hydrogen-bond acceptors (Lipinski definition) is 2. The van der Waals surface area contributed by atoms with Crippen LogP contribution in [0.2, 0.25) is 0 Å². The molecule has 7 heteroatoms. The summed E-state index contributed by atoms with van der Waals surface area (Å²) in [6.45, 7) is 5.20. The number of nitrogens with zero attached hydrogens (tertiary/aromatic N) is 2. The van der Waals surface area contributed by atoms with Gasteiger partial charge in [-0.2, -0.15) is 0 Å². The molecule has 158 valence electrons. The first-order valence-corrected chi connectivity index (χ1v) is 10.2. The molecule has 0 saturated carbocycles. The van der Waals surface area contributed by atoms with Gasteiger partial charge >= 0.3 is 0 Å². The fraction of sp³-hybridized carbons (Fsp3) is 0.667. The lowest BCUT2D eigenvalue weighted by molar-refractivity contribution is 0.0526. The van der Waals surface area contributed by atoms with Gasteiger partial charge in [-0.25, -0.2) is 8.78 Å². The summed E-state index contributed by atoms with van der Waals surface area (Å²) in [5, 5.41) is 6.90. The van der Waals surface area contributed by atoms with Crippen LogP contribution in [0.5, 0.6) is 0 Å². The molecule has 3 atom stereocenters. The molecular formula is C21H33F2IN4. The van der Waals surface area contributed by atoms with Crippen LogP contribution >= 0.6 is 24.0 Å². The van der Waals surface area contributed by atoms with Gasteiger partial charge in [0.1, 0.15) is 11.6 Å². The minimum Gasteiger partial charge on any atom is -0.357 e. The fourth-order valence-corrected chi connectivity index (χ4v) is 4.47. The Labute approximate surface area is 184 Å². The van der Waals surface area contributed by atoms with Gasteiger partial charge < -0.3 is 15.5 Å². The molecule has 0 aliphatic carbocycles. The number of piperidine rings is 2. The van der Waals surface area contributed by atoms with Crippen LogP contribution in [0.25, 0.3) is 0 Å². The Kier molecular flexibility index (Phi) is 8.92. The monoisotopic (exact) mass is 506 g/mol. The molecule has 28 heavy (non-hydrogen) atoms. The molecule has 2 saturated heterocycles. The highest BCUT2D eigenvalue weighted by molar-refractivity contribution is 14.0. The number of rotatable bonds is 5. The molecule has 2 fully saturated rings. The Morgan fingerprint density at radius 2 is 1.93 bits per heavy atom. The van der Waals surface area contributed by atoms with Gasteiger partial charge in [0.2, 0.25) is 0 Å². The van der Waals surface area contributed by atoms with E-state index in [1.807, 2.05) is 13.8 Å². The van der Waals surface area contributed by atoms with E-state index in [1.165, 1.54) is 31.4 Å². The van der Waals surface area contributed by atoms with Gasteiger partial charge in [0.05, 0.1) is 0 Å². The van der Waals surface area contributed by atoms with Crippen molar-refractivity contribution in [3.8, 4) is 0 Å². The Hall–Kier alpha value is -0.960. The fourth-order valence-electron chi connectivity index (χ4n) is 4.47. The Morgan fingerprint density at radius 1 is 1.25 bits per heavy atom. The van der Waals surface area contributed by atoms with E-state index in [-0.39, 0.29) is 29.9 Å². The highest BCUT2D eigenvalue weighted by Gasteiger charge is 2.36. The summed E-state index contributed by atoms with van der Waals surface area (Å²) in [6.07, 6.45) is 6.17. The van der Waals surface area contributed by atoms with Crippen molar-refractivity contribution in [3.63, 3.8) is 0 Å². The van der Waals surface area contributed by atoms with Crippen LogP contribution in [0.4, 0.5) is 8.78 Å². The standard InChI is InChI=1S/C21H32F2N4.HI/c1-4-24-21(25-13-14(2)19-9-8-15(22)10-20(19)23)26-16-11-17-6-5-7-18(12-16)27(17)3;/h8-10,14,16-18H,4-7,11-13H2,1-3H3,(H2,24,25,26);1H. The summed E-state index contributed by atoms with van der Waals surface area (Å²) >= 11 is 0. The minimum absolute atomic E-state index is 0. The predicted molar refractivity (Wildman–Crippen MR) is 122 cm³/mol. The topological polar surface area (TPSA) is 39.7 Å². The Bertz CT molecular complexity index is 656. The van der Waals surface area contributed by atoms with Crippen molar-refractivity contribution in [2.75, 3.05) is 20.1 Å². The molecule has 2 heterocycles. The zero-order chi connectivity index (χ0) is 19.4. The molecular weight excluding hydrogens is 473 g/mol. The second kappa shape index (κ2) is 10.7. The quantitative estimate of drug-likeness (QED) is 0.357. The maximum atomic E-state index is 14.0. The molecule has 3 unspecified atom stereocenters. The maximum Gasteiger partial charge on any atom is 0.191 e. The van der Waals surface area contributed by atoms with Gasteiger partial charge in [0.15, 0.2) is 5.96 Å². The molecule has 0 radical (unpaired) electrons. The molecule has 1 aromatic carbocycles. The zero-order valence-corrected chi connectivity index (χ0v) is 19.4. The molecule has 0 aromatic heterocycles. The second-order valence-corrected chi connectivity index (χ2v) is 8.00. The normalized spacial score (nSPS) is 26.3. The smallest absolute Gasteiger partial charge is 0.191 e. The lowest BCUT2D eigenvalue weighted by atomic mass is 9.82. The van der Waals surface area contributed by atoms with Crippen molar-refractivity contribution >= 4 is 29.9 Å². The van der Waals surface area contributed by atoms with Crippen LogP contribution in [0.1, 0.15) is 57.4 Å². The van der Waals surface area contributed by atoms with Gasteiger partial charge in [0, 0.05) is 43.2 Å². The van der Waals surface area contributed by atoms with E-state index in [1.54, 1.807) is 0 Å². The first-order valence-electron chi connectivity index (χ1n) is 10.2. The van der Waals surface area contributed by atoms with Crippen molar-refractivity contribution in [2.45, 2.75) is 70.0 Å². The number of hydrogen-bond donors (Lipinski definition) is 2. The summed E-state index contributed by atoms with van der Waals surface area (Å²) in [5.41, 5.74) is 0.504. The van der Waals surface area contributed by atoms with Gasteiger partial charge in [-0.3, -0.25) is 4.99 Å². The number of guanidine groups is 1. The summed E-state index contributed by atoms with van der Waals surface area (Å²) in [6, 6.07) is 5.50. The van der Waals surface area contributed by atoms with Crippen molar-refractivity contribution in [1.29, 1.82) is 0 Å². The molecule has 1 aromatic rings. The first-order chi connectivity index (χ1) is 13.0. The number of fused-ring (bicyclic) bond motifs is 2. The molecule has 3 rings (SSSR count). The van der Waals surface area contributed by atoms with E-state index in [0.29, 0.717) is 30.2 Å². The molecule has 0 spiro atoms. The summed E-state index contributed by atoms with van der Waals surface area (Å²) in [5.74, 6) is -0.369. The molecule has 2 aliphatic heterocycles. The maximum absolute atomic E-state index is 14.0. The zero-order valence-electron chi connectivity index (χ0n) is 17.0. The Balaban J connectivity index is 0.00000280. The van der Waals surface area contributed by atoms with Crippen molar-refractivity contribution in [1.82, 2.24) is 15.5 Å². The van der Waals surface area contributed by atoms with Gasteiger partial charge in [-0.15, -0.1) is 24.0 Å². The third kappa shape index (κ3) is 5.78. The number of benzene rings is 1. The van der Waals surface area contributed by atoms with E-state index in [4.69, 9.17) is 0 Å². The summed E-state index contributed by atoms with van der Waals surface area (Å²) < 4.78 is 27.1. The highest BCUT2D eigenvalue weighted by Crippen LogP contribution is 2.32. The van der Waals surface area contributed by atoms with Gasteiger partial charge in [0.25, 0.3) is 0 Å². The molecule has 2 aliphatic rings. The highest BCUT2D eigenvalue weighted by atomic mass is 127. The van der Waals surface area contributed by atoms with Crippen LogP contribution in [0.3, 0.4) is 0 Å². The average molecular weight is 506 g/mol. The van der Waals surface area contributed by atoms with Crippen LogP contribution in [-0.2, 0) is 0 Å². The van der Waals surface area contributed by atoms with E-state index < -0.39 is 11.6 Å². The molecule has 4 nitrogen and oxygen atoms in total. The van der Waals surface area contributed by atoms with Crippen LogP contribution in [-0.4, -0.2) is 49.1 Å². The third-order valence-corrected chi connectivity index (χ3v) is 6.04. The first kappa shape index (κ1) is 23.3. The predicted octanol–water partition coefficient (Wildman–Crippen LogP) is 4.26. The Morgan fingerprint density at radius 3 is 2.54 bits per heavy atom. The number of nitrogens with one attached hydrogen (secondary N) is 2. The third-order valence-electron chi connectivity index (χ3n) is 6.04. The van der Waals surface area contributed by atoms with Gasteiger partial charge in [-0.05, 0) is 51.3 Å². The van der Waals surface area contributed by atoms with Crippen molar-refractivity contribution < 1.29 is 8.78 Å². The largest absolute Gasteiger partial charge is 0.357 e. The lowest BCUT2D eigenvalue weighted by Crippen LogP contribution is -2.56. The van der Waals surface area contributed by atoms with Crippen molar-refractivity contribution in [3.05, 3.63) is 35.4 Å². The average Bonchev–Trinajstić information content (AvgIpc) is 2.60. The van der Waals surface area contributed by atoms with Crippen LogP contribution in [0.15, 0.2) is 23.2 Å². The minimum atomic E-state index is -0.547. The van der Waals surface area contributed by atoms with Gasteiger partial charge in [-0.1, -0.05) is 19.4 Å². The van der Waals surface area contributed by atoms with Crippen molar-refractivity contribution in [2.24, 2.45) is 4.99 Å². The second-order valence-electron chi connectivity index (χ2n) is 8.00.